The number of nitrogens with two attached hydrogens (primary N) is 1. The molecule has 19 heavy (non-hydrogen) atoms. The van der Waals surface area contributed by atoms with Crippen LogP contribution in [0.2, 0.25) is 0 Å². The van der Waals surface area contributed by atoms with E-state index in [2.05, 4.69) is 12.2 Å². The second-order valence-corrected chi connectivity index (χ2v) is 5.17. The minimum Gasteiger partial charge on any atom is -0.492 e. The molecule has 2 rings (SSSR count). The molecule has 3 N–H and O–H groups in total. The van der Waals surface area contributed by atoms with Crippen molar-refractivity contribution in [1.29, 1.82) is 0 Å². The third kappa shape index (κ3) is 3.19. The highest BCUT2D eigenvalue weighted by molar-refractivity contribution is 5.95. The number of rotatable bonds is 4. The molecule has 2 atom stereocenters. The molecule has 0 aromatic heterocycles. The minimum atomic E-state index is -0.0477. The Kier molecular flexibility index (Phi) is 4.30. The van der Waals surface area contributed by atoms with Crippen LogP contribution in [0.15, 0.2) is 18.2 Å². The van der Waals surface area contributed by atoms with E-state index in [-0.39, 0.29) is 5.91 Å². The highest BCUT2D eigenvalue weighted by Gasteiger charge is 2.25. The number of nitrogen functional groups attached to an aromatic ring is 1. The van der Waals surface area contributed by atoms with Crippen molar-refractivity contribution in [2.45, 2.75) is 39.2 Å². The molecule has 4 nitrogen and oxygen atoms in total. The second kappa shape index (κ2) is 5.95. The van der Waals surface area contributed by atoms with Gasteiger partial charge in [0.05, 0.1) is 12.3 Å². The lowest BCUT2D eigenvalue weighted by atomic mass is 10.1. The van der Waals surface area contributed by atoms with Gasteiger partial charge in [-0.2, -0.15) is 0 Å². The quantitative estimate of drug-likeness (QED) is 0.820. The number of hydrogen-bond acceptors (Lipinski definition) is 3. The summed E-state index contributed by atoms with van der Waals surface area (Å²) in [4.78, 5) is 12.2. The summed E-state index contributed by atoms with van der Waals surface area (Å²) >= 11 is 0. The normalized spacial score (nSPS) is 22.2. The van der Waals surface area contributed by atoms with Gasteiger partial charge in [0, 0.05) is 11.6 Å². The third-order valence-corrected chi connectivity index (χ3v) is 3.75. The number of ether oxygens (including phenoxy) is 1. The van der Waals surface area contributed by atoms with E-state index in [9.17, 15) is 4.79 Å². The van der Waals surface area contributed by atoms with Crippen molar-refractivity contribution in [3.8, 4) is 5.75 Å². The molecule has 1 amide bonds. The first-order valence-electron chi connectivity index (χ1n) is 6.95. The highest BCUT2D eigenvalue weighted by Crippen LogP contribution is 2.26. The zero-order valence-electron chi connectivity index (χ0n) is 11.6. The number of hydrogen-bond donors (Lipinski definition) is 2. The highest BCUT2D eigenvalue weighted by atomic mass is 16.5. The van der Waals surface area contributed by atoms with Crippen molar-refractivity contribution in [1.82, 2.24) is 5.32 Å². The summed E-state index contributed by atoms with van der Waals surface area (Å²) < 4.78 is 5.37. The van der Waals surface area contributed by atoms with Crippen LogP contribution in [0.4, 0.5) is 5.69 Å². The van der Waals surface area contributed by atoms with Gasteiger partial charge in [0.2, 0.25) is 0 Å². The largest absolute Gasteiger partial charge is 0.492 e. The Balaban J connectivity index is 2.04. The summed E-state index contributed by atoms with van der Waals surface area (Å²) in [5, 5.41) is 3.09. The molecule has 1 aliphatic rings. The number of carbonyl (C=O) groups is 1. The number of amides is 1. The second-order valence-electron chi connectivity index (χ2n) is 5.17. The Morgan fingerprint density at radius 2 is 2.26 bits per heavy atom. The van der Waals surface area contributed by atoms with Crippen molar-refractivity contribution < 1.29 is 9.53 Å². The third-order valence-electron chi connectivity index (χ3n) is 3.75. The van der Waals surface area contributed by atoms with Gasteiger partial charge in [-0.05, 0) is 43.9 Å². The standard InChI is InChI=1S/C15H22N2O2/c1-3-19-14-8-7-11(9-12(14)16)15(18)17-13-6-4-5-10(13)2/h7-10,13H,3-6,16H2,1-2H3,(H,17,18). The fourth-order valence-corrected chi connectivity index (χ4v) is 2.59. The van der Waals surface area contributed by atoms with E-state index in [1.165, 1.54) is 12.8 Å². The van der Waals surface area contributed by atoms with E-state index in [1.807, 2.05) is 6.92 Å². The SMILES string of the molecule is CCOc1ccc(C(=O)NC2CCCC2C)cc1N. The Morgan fingerprint density at radius 3 is 2.84 bits per heavy atom. The summed E-state index contributed by atoms with van der Waals surface area (Å²) in [6.45, 7) is 4.65. The summed E-state index contributed by atoms with van der Waals surface area (Å²) in [5.74, 6) is 1.14. The lowest BCUT2D eigenvalue weighted by Gasteiger charge is -2.17. The lowest BCUT2D eigenvalue weighted by molar-refractivity contribution is 0.0929. The van der Waals surface area contributed by atoms with E-state index in [4.69, 9.17) is 10.5 Å². The molecular weight excluding hydrogens is 240 g/mol. The number of nitrogens with one attached hydrogen (secondary N) is 1. The Labute approximate surface area is 114 Å². The van der Waals surface area contributed by atoms with Crippen LogP contribution in [0.3, 0.4) is 0 Å². The average molecular weight is 262 g/mol. The van der Waals surface area contributed by atoms with Crippen LogP contribution in [0.25, 0.3) is 0 Å². The van der Waals surface area contributed by atoms with Gasteiger partial charge in [0.25, 0.3) is 5.91 Å². The molecule has 104 valence electrons. The van der Waals surface area contributed by atoms with Gasteiger partial charge in [-0.15, -0.1) is 0 Å². The monoisotopic (exact) mass is 262 g/mol. The fraction of sp³-hybridized carbons (Fsp3) is 0.533. The first-order chi connectivity index (χ1) is 9.11. The topological polar surface area (TPSA) is 64.3 Å². The van der Waals surface area contributed by atoms with Crippen LogP contribution in [-0.4, -0.2) is 18.6 Å². The van der Waals surface area contributed by atoms with Gasteiger partial charge >= 0.3 is 0 Å². The van der Waals surface area contributed by atoms with Crippen LogP contribution in [-0.2, 0) is 0 Å². The summed E-state index contributed by atoms with van der Waals surface area (Å²) in [7, 11) is 0. The maximum atomic E-state index is 12.2. The smallest absolute Gasteiger partial charge is 0.251 e. The molecule has 1 aromatic rings. The maximum Gasteiger partial charge on any atom is 0.251 e. The van der Waals surface area contributed by atoms with Gasteiger partial charge in [0.1, 0.15) is 5.75 Å². The van der Waals surface area contributed by atoms with E-state index in [0.29, 0.717) is 35.6 Å². The first-order valence-corrected chi connectivity index (χ1v) is 6.95. The van der Waals surface area contributed by atoms with Gasteiger partial charge in [-0.25, -0.2) is 0 Å². The Bertz CT molecular complexity index is 459. The van der Waals surface area contributed by atoms with Crippen molar-refractivity contribution in [3.05, 3.63) is 23.8 Å². The minimum absolute atomic E-state index is 0.0477. The van der Waals surface area contributed by atoms with Crippen LogP contribution in [0, 0.1) is 5.92 Å². The Morgan fingerprint density at radius 1 is 1.47 bits per heavy atom. The molecule has 0 bridgehead atoms. The van der Waals surface area contributed by atoms with Crippen molar-refractivity contribution >= 4 is 11.6 Å². The van der Waals surface area contributed by atoms with Crippen LogP contribution < -0.4 is 15.8 Å². The van der Waals surface area contributed by atoms with Crippen molar-refractivity contribution in [2.24, 2.45) is 5.92 Å². The van der Waals surface area contributed by atoms with Crippen LogP contribution >= 0.6 is 0 Å². The summed E-state index contributed by atoms with van der Waals surface area (Å²) in [6, 6.07) is 5.49. The molecule has 4 heteroatoms. The predicted octanol–water partition coefficient (Wildman–Crippen LogP) is 2.59. The molecule has 1 aromatic carbocycles. The molecule has 2 unspecified atom stereocenters. The van der Waals surface area contributed by atoms with E-state index in [1.54, 1.807) is 18.2 Å². The molecule has 1 aliphatic carbocycles. The zero-order chi connectivity index (χ0) is 13.8. The molecule has 0 heterocycles. The van der Waals surface area contributed by atoms with Crippen molar-refractivity contribution in [2.75, 3.05) is 12.3 Å². The maximum absolute atomic E-state index is 12.2. The Hall–Kier alpha value is -1.71. The average Bonchev–Trinajstić information content (AvgIpc) is 2.78. The van der Waals surface area contributed by atoms with Crippen LogP contribution in [0.5, 0.6) is 5.75 Å². The van der Waals surface area contributed by atoms with Gasteiger partial charge in [-0.3, -0.25) is 4.79 Å². The van der Waals surface area contributed by atoms with Gasteiger partial charge in [-0.1, -0.05) is 13.3 Å². The predicted molar refractivity (Wildman–Crippen MR) is 76.3 cm³/mol. The van der Waals surface area contributed by atoms with Crippen LogP contribution in [0.1, 0.15) is 43.5 Å². The number of anilines is 1. The summed E-state index contributed by atoms with van der Waals surface area (Å²) in [6.07, 6.45) is 3.45. The molecule has 0 aliphatic heterocycles. The van der Waals surface area contributed by atoms with E-state index < -0.39 is 0 Å². The zero-order valence-corrected chi connectivity index (χ0v) is 11.6. The summed E-state index contributed by atoms with van der Waals surface area (Å²) in [5.41, 5.74) is 6.98. The molecule has 0 spiro atoms. The van der Waals surface area contributed by atoms with E-state index >= 15 is 0 Å². The molecule has 0 saturated heterocycles. The number of carbonyl (C=O) groups excluding carboxylic acids is 1. The molecule has 0 radical (unpaired) electrons. The molecule has 1 saturated carbocycles. The van der Waals surface area contributed by atoms with Gasteiger partial charge in [0.15, 0.2) is 0 Å². The van der Waals surface area contributed by atoms with Gasteiger partial charge < -0.3 is 15.8 Å². The van der Waals surface area contributed by atoms with E-state index in [0.717, 1.165) is 6.42 Å². The molecular formula is C15H22N2O2. The fourth-order valence-electron chi connectivity index (χ4n) is 2.59. The van der Waals surface area contributed by atoms with Crippen molar-refractivity contribution in [3.63, 3.8) is 0 Å². The lowest BCUT2D eigenvalue weighted by Crippen LogP contribution is -2.36. The molecule has 1 fully saturated rings. The number of benzene rings is 1. The first kappa shape index (κ1) is 13.7.